The summed E-state index contributed by atoms with van der Waals surface area (Å²) in [6.45, 7) is 8.62. The third kappa shape index (κ3) is 4.07. The molecule has 2 aliphatic heterocycles. The largest absolute Gasteiger partial charge is 0.381 e. The van der Waals surface area contributed by atoms with Gasteiger partial charge in [0.1, 0.15) is 6.54 Å². The van der Waals surface area contributed by atoms with E-state index in [9.17, 15) is 9.59 Å². The number of hydrogen-bond donors (Lipinski definition) is 0. The Kier molecular flexibility index (Phi) is 4.92. The van der Waals surface area contributed by atoms with Gasteiger partial charge in [-0.05, 0) is 0 Å². The highest BCUT2D eigenvalue weighted by molar-refractivity contribution is 5.92. The molecule has 1 aromatic rings. The molecule has 0 radical (unpaired) electrons. The van der Waals surface area contributed by atoms with Gasteiger partial charge in [0.15, 0.2) is 11.5 Å². The Balaban J connectivity index is 1.66. The number of amides is 1. The topological polar surface area (TPSA) is 86.6 Å². The molecular formula is C17H26N4O4. The second-order valence-electron chi connectivity index (χ2n) is 7.85. The lowest BCUT2D eigenvalue weighted by molar-refractivity contribution is -0.146. The fourth-order valence-electron chi connectivity index (χ4n) is 3.08. The number of carbonyl (C=O) groups is 2. The smallest absolute Gasteiger partial charge is 0.276 e. The SMILES string of the molecule is CC(C)(C)C(=O)Cn1cc(C(=O)N2CCOC3(CCOCC3)C2)nn1. The van der Waals surface area contributed by atoms with Crippen molar-refractivity contribution in [2.75, 3.05) is 32.9 Å². The van der Waals surface area contributed by atoms with E-state index in [2.05, 4.69) is 10.3 Å². The number of morpholine rings is 1. The van der Waals surface area contributed by atoms with E-state index in [0.29, 0.717) is 32.9 Å². The second kappa shape index (κ2) is 6.84. The number of Topliss-reactive ketones (excluding diaryl/α,β-unsaturated/α-hetero) is 1. The number of nitrogens with zero attached hydrogens (tertiary/aromatic N) is 4. The van der Waals surface area contributed by atoms with E-state index < -0.39 is 5.41 Å². The maximum atomic E-state index is 12.8. The summed E-state index contributed by atoms with van der Waals surface area (Å²) in [6.07, 6.45) is 3.14. The summed E-state index contributed by atoms with van der Waals surface area (Å²) in [7, 11) is 0. The lowest BCUT2D eigenvalue weighted by Gasteiger charge is -2.44. The van der Waals surface area contributed by atoms with Gasteiger partial charge in [0.25, 0.3) is 5.91 Å². The van der Waals surface area contributed by atoms with Crippen molar-refractivity contribution in [3.63, 3.8) is 0 Å². The van der Waals surface area contributed by atoms with Crippen LogP contribution in [-0.2, 0) is 20.8 Å². The molecule has 25 heavy (non-hydrogen) atoms. The van der Waals surface area contributed by atoms with E-state index in [-0.39, 0.29) is 29.5 Å². The standard InChI is InChI=1S/C17H26N4O4/c1-16(2,3)14(22)11-21-10-13(18-19-21)15(23)20-6-9-25-17(12-20)4-7-24-8-5-17/h10H,4-9,11-12H2,1-3H3. The maximum Gasteiger partial charge on any atom is 0.276 e. The van der Waals surface area contributed by atoms with E-state index in [1.165, 1.54) is 4.68 Å². The van der Waals surface area contributed by atoms with Gasteiger partial charge in [-0.3, -0.25) is 9.59 Å². The average molecular weight is 350 g/mol. The van der Waals surface area contributed by atoms with Gasteiger partial charge < -0.3 is 14.4 Å². The molecule has 0 saturated carbocycles. The van der Waals surface area contributed by atoms with Crippen molar-refractivity contribution < 1.29 is 19.1 Å². The van der Waals surface area contributed by atoms with Crippen molar-refractivity contribution in [3.05, 3.63) is 11.9 Å². The van der Waals surface area contributed by atoms with Gasteiger partial charge >= 0.3 is 0 Å². The van der Waals surface area contributed by atoms with Crippen LogP contribution in [0.2, 0.25) is 0 Å². The van der Waals surface area contributed by atoms with Crippen molar-refractivity contribution >= 4 is 11.7 Å². The zero-order valence-electron chi connectivity index (χ0n) is 15.2. The zero-order chi connectivity index (χ0) is 18.1. The number of ether oxygens (including phenoxy) is 2. The van der Waals surface area contributed by atoms with Crippen LogP contribution in [0.3, 0.4) is 0 Å². The van der Waals surface area contributed by atoms with Crippen LogP contribution in [-0.4, -0.2) is 70.1 Å². The maximum absolute atomic E-state index is 12.8. The molecule has 2 saturated heterocycles. The fraction of sp³-hybridized carbons (Fsp3) is 0.765. The van der Waals surface area contributed by atoms with E-state index >= 15 is 0 Å². The van der Waals surface area contributed by atoms with Crippen molar-refractivity contribution in [3.8, 4) is 0 Å². The Morgan fingerprint density at radius 3 is 2.64 bits per heavy atom. The third-order valence-corrected chi connectivity index (χ3v) is 4.84. The first-order valence-electron chi connectivity index (χ1n) is 8.74. The fourth-order valence-corrected chi connectivity index (χ4v) is 3.08. The van der Waals surface area contributed by atoms with Crippen LogP contribution >= 0.6 is 0 Å². The molecule has 1 spiro atoms. The molecule has 138 valence electrons. The number of ketones is 1. The molecule has 3 rings (SSSR count). The summed E-state index contributed by atoms with van der Waals surface area (Å²) in [4.78, 5) is 26.6. The number of aromatic nitrogens is 3. The highest BCUT2D eigenvalue weighted by Crippen LogP contribution is 2.29. The third-order valence-electron chi connectivity index (χ3n) is 4.84. The summed E-state index contributed by atoms with van der Waals surface area (Å²) in [5.74, 6) is -0.118. The Morgan fingerprint density at radius 2 is 1.96 bits per heavy atom. The molecule has 8 heteroatoms. The lowest BCUT2D eigenvalue weighted by Crippen LogP contribution is -2.55. The molecule has 1 aromatic heterocycles. The summed E-state index contributed by atoms with van der Waals surface area (Å²) in [6, 6.07) is 0. The van der Waals surface area contributed by atoms with Gasteiger partial charge in [0.05, 0.1) is 24.9 Å². The van der Waals surface area contributed by atoms with Crippen LogP contribution < -0.4 is 0 Å². The van der Waals surface area contributed by atoms with Crippen LogP contribution in [0, 0.1) is 5.41 Å². The van der Waals surface area contributed by atoms with Crippen molar-refractivity contribution in [1.29, 1.82) is 0 Å². The highest BCUT2D eigenvalue weighted by atomic mass is 16.5. The summed E-state index contributed by atoms with van der Waals surface area (Å²) >= 11 is 0. The molecule has 0 aliphatic carbocycles. The van der Waals surface area contributed by atoms with E-state index in [1.807, 2.05) is 20.8 Å². The van der Waals surface area contributed by atoms with E-state index in [1.54, 1.807) is 11.1 Å². The molecule has 1 amide bonds. The van der Waals surface area contributed by atoms with E-state index in [0.717, 1.165) is 12.8 Å². The molecule has 2 fully saturated rings. The Hall–Kier alpha value is -1.80. The van der Waals surface area contributed by atoms with E-state index in [4.69, 9.17) is 9.47 Å². The normalized spacial score (nSPS) is 20.7. The molecule has 0 bridgehead atoms. The molecule has 8 nitrogen and oxygen atoms in total. The van der Waals surface area contributed by atoms with Crippen molar-refractivity contribution in [2.45, 2.75) is 45.8 Å². The minimum absolute atomic E-state index is 0.0453. The highest BCUT2D eigenvalue weighted by Gasteiger charge is 2.40. The summed E-state index contributed by atoms with van der Waals surface area (Å²) in [5, 5.41) is 7.90. The zero-order valence-corrected chi connectivity index (χ0v) is 15.2. The quantitative estimate of drug-likeness (QED) is 0.805. The number of carbonyl (C=O) groups excluding carboxylic acids is 2. The Morgan fingerprint density at radius 1 is 1.24 bits per heavy atom. The van der Waals surface area contributed by atoms with Crippen LogP contribution in [0.25, 0.3) is 0 Å². The molecule has 2 aliphatic rings. The second-order valence-corrected chi connectivity index (χ2v) is 7.85. The summed E-state index contributed by atoms with van der Waals surface area (Å²) in [5.41, 5.74) is -0.481. The number of hydrogen-bond acceptors (Lipinski definition) is 6. The van der Waals surface area contributed by atoms with Gasteiger partial charge in [-0.15, -0.1) is 5.10 Å². The molecule has 0 unspecified atom stereocenters. The molecule has 3 heterocycles. The van der Waals surface area contributed by atoms with Gasteiger partial charge in [0, 0.05) is 38.0 Å². The van der Waals surface area contributed by atoms with Gasteiger partial charge in [-0.25, -0.2) is 4.68 Å². The molecule has 0 aromatic carbocycles. The van der Waals surface area contributed by atoms with Gasteiger partial charge in [-0.1, -0.05) is 26.0 Å². The minimum Gasteiger partial charge on any atom is -0.381 e. The monoisotopic (exact) mass is 350 g/mol. The van der Waals surface area contributed by atoms with Crippen LogP contribution in [0.4, 0.5) is 0 Å². The van der Waals surface area contributed by atoms with Gasteiger partial charge in [0.2, 0.25) is 0 Å². The lowest BCUT2D eigenvalue weighted by atomic mass is 9.91. The molecule has 0 N–H and O–H groups in total. The Labute approximate surface area is 147 Å². The Bertz CT molecular complexity index is 638. The average Bonchev–Trinajstić information content (AvgIpc) is 3.02. The first-order chi connectivity index (χ1) is 11.8. The molecule has 0 atom stereocenters. The van der Waals surface area contributed by atoms with Crippen LogP contribution in [0.5, 0.6) is 0 Å². The van der Waals surface area contributed by atoms with Gasteiger partial charge in [-0.2, -0.15) is 0 Å². The van der Waals surface area contributed by atoms with Crippen LogP contribution in [0.1, 0.15) is 44.1 Å². The van der Waals surface area contributed by atoms with Crippen LogP contribution in [0.15, 0.2) is 6.20 Å². The number of rotatable bonds is 3. The minimum atomic E-state index is -0.449. The predicted octanol–water partition coefficient (Wildman–Crippen LogP) is 0.915. The summed E-state index contributed by atoms with van der Waals surface area (Å²) < 4.78 is 12.8. The molecular weight excluding hydrogens is 324 g/mol. The predicted molar refractivity (Wildman–Crippen MR) is 89.1 cm³/mol. The van der Waals surface area contributed by atoms with Crippen molar-refractivity contribution in [1.82, 2.24) is 19.9 Å². The van der Waals surface area contributed by atoms with Crippen molar-refractivity contribution in [2.24, 2.45) is 5.41 Å². The first-order valence-corrected chi connectivity index (χ1v) is 8.74. The first kappa shape index (κ1) is 18.0.